The van der Waals surface area contributed by atoms with Crippen molar-refractivity contribution < 1.29 is 23.5 Å². The molecule has 3 heterocycles. The first-order chi connectivity index (χ1) is 19.2. The van der Waals surface area contributed by atoms with E-state index in [0.717, 1.165) is 19.3 Å². The summed E-state index contributed by atoms with van der Waals surface area (Å²) in [6.07, 6.45) is 5.86. The highest BCUT2D eigenvalue weighted by Crippen LogP contribution is 2.55. The Labute approximate surface area is 238 Å². The van der Waals surface area contributed by atoms with Crippen molar-refractivity contribution in [3.63, 3.8) is 0 Å². The van der Waals surface area contributed by atoms with Gasteiger partial charge in [0.2, 0.25) is 17.7 Å². The van der Waals surface area contributed by atoms with Gasteiger partial charge in [0.25, 0.3) is 0 Å². The minimum Gasteiger partial charge on any atom is -0.359 e. The summed E-state index contributed by atoms with van der Waals surface area (Å²) in [5.41, 5.74) is -0.480. The van der Waals surface area contributed by atoms with Crippen LogP contribution < -0.4 is 10.6 Å². The van der Waals surface area contributed by atoms with Gasteiger partial charge in [-0.3, -0.25) is 14.4 Å². The average molecular weight is 566 g/mol. The topological polar surface area (TPSA) is 87.7 Å². The SMILES string of the molecule is CC1CCCC(NC(=O)C2N(Cc3ccccc3F)C(=O)[C@H]3C(C(=O)Nc4ccc(Cl)cc4)[C@H]4C=CC23O4)C1C. The molecule has 3 fully saturated rings. The van der Waals surface area contributed by atoms with Crippen molar-refractivity contribution in [1.29, 1.82) is 0 Å². The van der Waals surface area contributed by atoms with Gasteiger partial charge in [-0.2, -0.15) is 0 Å². The van der Waals surface area contributed by atoms with Gasteiger partial charge in [-0.05, 0) is 48.6 Å². The van der Waals surface area contributed by atoms with Crippen LogP contribution in [0.1, 0.15) is 38.7 Å². The maximum atomic E-state index is 14.8. The molecule has 0 radical (unpaired) electrons. The quantitative estimate of drug-likeness (QED) is 0.497. The van der Waals surface area contributed by atoms with E-state index in [-0.39, 0.29) is 30.3 Å². The van der Waals surface area contributed by atoms with Crippen molar-refractivity contribution in [3.05, 3.63) is 77.1 Å². The molecule has 0 aromatic heterocycles. The number of amides is 3. The van der Waals surface area contributed by atoms with Crippen molar-refractivity contribution in [2.24, 2.45) is 23.7 Å². The number of ether oxygens (including phenoxy) is 1. The summed E-state index contributed by atoms with van der Waals surface area (Å²) in [6, 6.07) is 11.8. The van der Waals surface area contributed by atoms with Gasteiger partial charge in [-0.1, -0.05) is 68.6 Å². The highest BCUT2D eigenvalue weighted by Gasteiger charge is 2.72. The number of fused-ring (bicyclic) bond motifs is 1. The van der Waals surface area contributed by atoms with Gasteiger partial charge >= 0.3 is 0 Å². The Hall–Kier alpha value is -3.23. The number of likely N-dealkylation sites (tertiary alicyclic amines) is 1. The number of benzene rings is 2. The zero-order valence-corrected chi connectivity index (χ0v) is 23.2. The summed E-state index contributed by atoms with van der Waals surface area (Å²) in [6.45, 7) is 4.23. The molecule has 1 aliphatic carbocycles. The number of anilines is 1. The molecule has 4 aliphatic rings. The first-order valence-electron chi connectivity index (χ1n) is 14.0. The average Bonchev–Trinajstić information content (AvgIpc) is 3.57. The Kier molecular flexibility index (Phi) is 6.95. The fraction of sp³-hybridized carbons (Fsp3) is 0.452. The van der Waals surface area contributed by atoms with E-state index < -0.39 is 41.3 Å². The summed E-state index contributed by atoms with van der Waals surface area (Å²) >= 11 is 5.99. The van der Waals surface area contributed by atoms with Crippen molar-refractivity contribution in [2.45, 2.75) is 63.4 Å². The normalized spacial score (nSPS) is 34.1. The Bertz CT molecular complexity index is 1370. The van der Waals surface area contributed by atoms with Gasteiger partial charge < -0.3 is 20.3 Å². The van der Waals surface area contributed by atoms with E-state index in [9.17, 15) is 18.8 Å². The highest BCUT2D eigenvalue weighted by atomic mass is 35.5. The van der Waals surface area contributed by atoms with E-state index in [2.05, 4.69) is 24.5 Å². The third-order valence-corrected chi connectivity index (χ3v) is 9.62. The zero-order valence-electron chi connectivity index (χ0n) is 22.5. The second-order valence-corrected chi connectivity index (χ2v) is 12.1. The van der Waals surface area contributed by atoms with Crippen LogP contribution in [0.2, 0.25) is 5.02 Å². The Morgan fingerprint density at radius 2 is 1.85 bits per heavy atom. The maximum Gasteiger partial charge on any atom is 0.246 e. The number of hydrogen-bond donors (Lipinski definition) is 2. The van der Waals surface area contributed by atoms with E-state index >= 15 is 0 Å². The maximum absolute atomic E-state index is 14.8. The Balaban J connectivity index is 1.33. The number of nitrogens with one attached hydrogen (secondary N) is 2. The van der Waals surface area contributed by atoms with Gasteiger partial charge in [0.15, 0.2) is 0 Å². The molecule has 2 aromatic carbocycles. The van der Waals surface area contributed by atoms with Crippen molar-refractivity contribution in [1.82, 2.24) is 10.2 Å². The molecule has 2 aromatic rings. The van der Waals surface area contributed by atoms with E-state index in [1.807, 2.05) is 0 Å². The number of nitrogens with zero attached hydrogens (tertiary/aromatic N) is 1. The molecule has 1 saturated carbocycles. The number of hydrogen-bond acceptors (Lipinski definition) is 4. The molecule has 2 saturated heterocycles. The van der Waals surface area contributed by atoms with Gasteiger partial charge in [0, 0.05) is 28.9 Å². The third kappa shape index (κ3) is 4.41. The molecular weight excluding hydrogens is 533 g/mol. The molecule has 3 amide bonds. The molecule has 40 heavy (non-hydrogen) atoms. The van der Waals surface area contributed by atoms with E-state index in [0.29, 0.717) is 22.2 Å². The summed E-state index contributed by atoms with van der Waals surface area (Å²) in [5.74, 6) is -2.59. The van der Waals surface area contributed by atoms with Gasteiger partial charge in [-0.25, -0.2) is 4.39 Å². The van der Waals surface area contributed by atoms with Crippen LogP contribution in [-0.2, 0) is 25.7 Å². The fourth-order valence-electron chi connectivity index (χ4n) is 7.05. The van der Waals surface area contributed by atoms with Crippen molar-refractivity contribution in [3.8, 4) is 0 Å². The lowest BCUT2D eigenvalue weighted by molar-refractivity contribution is -0.142. The van der Waals surface area contributed by atoms with Crippen LogP contribution in [0.15, 0.2) is 60.7 Å². The molecule has 1 spiro atoms. The second kappa shape index (κ2) is 10.3. The first kappa shape index (κ1) is 27.0. The highest BCUT2D eigenvalue weighted by molar-refractivity contribution is 6.30. The lowest BCUT2D eigenvalue weighted by Gasteiger charge is -2.38. The largest absolute Gasteiger partial charge is 0.359 e. The second-order valence-electron chi connectivity index (χ2n) is 11.6. The van der Waals surface area contributed by atoms with E-state index in [1.54, 1.807) is 54.6 Å². The fourth-order valence-corrected chi connectivity index (χ4v) is 7.18. The third-order valence-electron chi connectivity index (χ3n) is 9.37. The lowest BCUT2D eigenvalue weighted by atomic mass is 9.73. The molecule has 2 bridgehead atoms. The lowest BCUT2D eigenvalue weighted by Crippen LogP contribution is -2.57. The van der Waals surface area contributed by atoms with E-state index in [4.69, 9.17) is 16.3 Å². The summed E-state index contributed by atoms with van der Waals surface area (Å²) in [5, 5.41) is 6.63. The van der Waals surface area contributed by atoms with E-state index in [1.165, 1.54) is 11.0 Å². The van der Waals surface area contributed by atoms with Crippen molar-refractivity contribution >= 4 is 35.0 Å². The molecular formula is C31H33ClFN3O4. The van der Waals surface area contributed by atoms with Crippen molar-refractivity contribution in [2.75, 3.05) is 5.32 Å². The molecule has 6 unspecified atom stereocenters. The number of rotatable bonds is 6. The van der Waals surface area contributed by atoms with Gasteiger partial charge in [0.1, 0.15) is 17.5 Å². The molecule has 2 N–H and O–H groups in total. The van der Waals surface area contributed by atoms with Crippen LogP contribution in [0.25, 0.3) is 0 Å². The molecule has 210 valence electrons. The predicted molar refractivity (Wildman–Crippen MR) is 149 cm³/mol. The van der Waals surface area contributed by atoms with Crippen LogP contribution in [-0.4, -0.2) is 46.4 Å². The first-order valence-corrected chi connectivity index (χ1v) is 14.4. The Morgan fingerprint density at radius 1 is 1.10 bits per heavy atom. The van der Waals surface area contributed by atoms with Crippen LogP contribution >= 0.6 is 11.6 Å². The molecule has 6 rings (SSSR count). The number of halogens is 2. The van der Waals surface area contributed by atoms with Crippen LogP contribution in [0.3, 0.4) is 0 Å². The zero-order chi connectivity index (χ0) is 28.2. The molecule has 8 atom stereocenters. The van der Waals surface area contributed by atoms with Crippen LogP contribution in [0, 0.1) is 29.5 Å². The summed E-state index contributed by atoms with van der Waals surface area (Å²) in [4.78, 5) is 43.2. The monoisotopic (exact) mass is 565 g/mol. The number of carbonyl (C=O) groups excluding carboxylic acids is 3. The minimum absolute atomic E-state index is 0.0382. The molecule has 9 heteroatoms. The standard InChI is InChI=1S/C31H33ClFN3O4/c1-17-6-5-9-23(18(17)2)35-29(38)27-31-15-14-24(40-31)25(28(37)34-21-12-10-20(32)11-13-21)26(31)30(39)36(27)16-19-7-3-4-8-22(19)33/h3-4,7-8,10-15,17-18,23-27H,5-6,9,16H2,1-2H3,(H,34,37)(H,35,38)/t17?,18?,23?,24-,25?,26-,27?,31?/m1/s1. The van der Waals surface area contributed by atoms with Crippen LogP contribution in [0.4, 0.5) is 10.1 Å². The Morgan fingerprint density at radius 3 is 2.60 bits per heavy atom. The van der Waals surface area contributed by atoms with Gasteiger partial charge in [-0.15, -0.1) is 0 Å². The summed E-state index contributed by atoms with van der Waals surface area (Å²) < 4.78 is 21.2. The predicted octanol–water partition coefficient (Wildman–Crippen LogP) is 4.71. The summed E-state index contributed by atoms with van der Waals surface area (Å²) in [7, 11) is 0. The van der Waals surface area contributed by atoms with Crippen LogP contribution in [0.5, 0.6) is 0 Å². The minimum atomic E-state index is -1.32. The smallest absolute Gasteiger partial charge is 0.246 e. The van der Waals surface area contributed by atoms with Gasteiger partial charge in [0.05, 0.1) is 17.9 Å². The molecule has 3 aliphatic heterocycles. The molecule has 7 nitrogen and oxygen atoms in total. The number of carbonyl (C=O) groups is 3.